The van der Waals surface area contributed by atoms with Crippen LogP contribution in [0.15, 0.2) is 78.4 Å². The second-order valence-electron chi connectivity index (χ2n) is 9.15. The maximum absolute atomic E-state index is 13.1. The van der Waals surface area contributed by atoms with Crippen LogP contribution in [0.5, 0.6) is 5.75 Å². The van der Waals surface area contributed by atoms with Gasteiger partial charge in [0.1, 0.15) is 18.1 Å². The zero-order valence-electron chi connectivity index (χ0n) is 20.6. The van der Waals surface area contributed by atoms with E-state index >= 15 is 0 Å². The van der Waals surface area contributed by atoms with E-state index in [2.05, 4.69) is 6.07 Å². The van der Waals surface area contributed by atoms with E-state index in [-0.39, 0.29) is 11.3 Å². The van der Waals surface area contributed by atoms with E-state index in [0.29, 0.717) is 41.6 Å². The number of aliphatic hydroxyl groups is 1. The van der Waals surface area contributed by atoms with E-state index in [0.717, 1.165) is 11.1 Å². The Morgan fingerprint density at radius 1 is 1.03 bits per heavy atom. The Labute approximate surface area is 216 Å². The van der Waals surface area contributed by atoms with Crippen molar-refractivity contribution in [1.82, 2.24) is 9.80 Å². The maximum atomic E-state index is 13.1. The molecule has 1 unspecified atom stereocenters. The van der Waals surface area contributed by atoms with Crippen LogP contribution in [-0.2, 0) is 16.2 Å². The Kier molecular flexibility index (Phi) is 7.77. The van der Waals surface area contributed by atoms with Crippen molar-refractivity contribution in [2.75, 3.05) is 27.2 Å². The molecule has 0 spiro atoms. The Balaban J connectivity index is 1.64. The first kappa shape index (κ1) is 25.5. The molecule has 0 saturated carbocycles. The van der Waals surface area contributed by atoms with Crippen molar-refractivity contribution in [2.45, 2.75) is 19.6 Å². The van der Waals surface area contributed by atoms with Gasteiger partial charge in [-0.25, -0.2) is 0 Å². The van der Waals surface area contributed by atoms with E-state index in [1.54, 1.807) is 48.5 Å². The lowest BCUT2D eigenvalue weighted by Crippen LogP contribution is -2.35. The zero-order valence-corrected chi connectivity index (χ0v) is 21.3. The van der Waals surface area contributed by atoms with Gasteiger partial charge >= 0.3 is 0 Å². The maximum Gasteiger partial charge on any atom is 0.295 e. The molecule has 1 saturated heterocycles. The van der Waals surface area contributed by atoms with Gasteiger partial charge in [-0.1, -0.05) is 53.6 Å². The number of nitrogens with zero attached hydrogens (tertiary/aromatic N) is 2. The van der Waals surface area contributed by atoms with E-state index < -0.39 is 17.7 Å². The fourth-order valence-electron chi connectivity index (χ4n) is 4.24. The van der Waals surface area contributed by atoms with Crippen LogP contribution in [0.4, 0.5) is 0 Å². The van der Waals surface area contributed by atoms with Gasteiger partial charge in [0.2, 0.25) is 0 Å². The first-order valence-electron chi connectivity index (χ1n) is 11.7. The summed E-state index contributed by atoms with van der Waals surface area (Å²) >= 11 is 6.07. The van der Waals surface area contributed by atoms with Crippen LogP contribution in [0.3, 0.4) is 0 Å². The summed E-state index contributed by atoms with van der Waals surface area (Å²) in [4.78, 5) is 29.5. The molecule has 3 aromatic carbocycles. The molecule has 0 radical (unpaired) electrons. The van der Waals surface area contributed by atoms with Crippen LogP contribution in [0, 0.1) is 6.92 Å². The number of amides is 1. The molecule has 1 atom stereocenters. The summed E-state index contributed by atoms with van der Waals surface area (Å²) in [5, 5.41) is 11.8. The van der Waals surface area contributed by atoms with Crippen LogP contribution >= 0.6 is 11.6 Å². The Morgan fingerprint density at radius 3 is 2.36 bits per heavy atom. The molecule has 1 fully saturated rings. The van der Waals surface area contributed by atoms with Crippen molar-refractivity contribution in [3.63, 3.8) is 0 Å². The molecule has 0 aromatic heterocycles. The van der Waals surface area contributed by atoms with Gasteiger partial charge in [-0.15, -0.1) is 0 Å². The van der Waals surface area contributed by atoms with Crippen molar-refractivity contribution >= 4 is 29.1 Å². The molecule has 0 aliphatic carbocycles. The molecule has 7 heteroatoms. The lowest BCUT2D eigenvalue weighted by Gasteiger charge is -2.26. The number of halogens is 1. The number of rotatable bonds is 8. The van der Waals surface area contributed by atoms with E-state index in [1.807, 2.05) is 44.1 Å². The number of likely N-dealkylation sites (tertiary alicyclic amines) is 1. The predicted octanol–water partition coefficient (Wildman–Crippen LogP) is 5.21. The number of benzene rings is 3. The van der Waals surface area contributed by atoms with Crippen molar-refractivity contribution in [3.05, 3.63) is 106 Å². The van der Waals surface area contributed by atoms with Crippen LogP contribution in [-0.4, -0.2) is 53.8 Å². The highest BCUT2D eigenvalue weighted by Gasteiger charge is 2.45. The summed E-state index contributed by atoms with van der Waals surface area (Å²) in [5.41, 5.74) is 3.42. The summed E-state index contributed by atoms with van der Waals surface area (Å²) in [5.74, 6) is -0.915. The Morgan fingerprint density at radius 2 is 1.72 bits per heavy atom. The van der Waals surface area contributed by atoms with Crippen molar-refractivity contribution < 1.29 is 19.4 Å². The fourth-order valence-corrected chi connectivity index (χ4v) is 4.37. The Hall–Kier alpha value is -3.61. The van der Waals surface area contributed by atoms with Crippen LogP contribution in [0.25, 0.3) is 5.76 Å². The average molecular weight is 505 g/mol. The number of aryl methyl sites for hydroxylation is 1. The highest BCUT2D eigenvalue weighted by Crippen LogP contribution is 2.39. The van der Waals surface area contributed by atoms with Crippen molar-refractivity contribution in [3.8, 4) is 5.75 Å². The van der Waals surface area contributed by atoms with Gasteiger partial charge in [-0.2, -0.15) is 0 Å². The standard InChI is InChI=1S/C29H29ClN2O4/c1-19-5-4-6-20(17-19)18-36-24-13-9-22(10-14-24)27(33)25-26(21-7-11-23(30)12-8-21)32(16-15-31(2)3)29(35)28(25)34/h4-14,17,26,33H,15-16,18H2,1-3H3/b27-25-. The van der Waals surface area contributed by atoms with Gasteiger partial charge in [0.05, 0.1) is 11.6 Å². The van der Waals surface area contributed by atoms with Crippen LogP contribution in [0.1, 0.15) is 28.3 Å². The second kappa shape index (κ2) is 11.0. The number of carbonyl (C=O) groups is 2. The van der Waals surface area contributed by atoms with E-state index in [1.165, 1.54) is 4.90 Å². The summed E-state index contributed by atoms with van der Waals surface area (Å²) in [7, 11) is 3.80. The number of carbonyl (C=O) groups excluding carboxylic acids is 2. The number of Topliss-reactive ketones (excluding diaryl/α,β-unsaturated/α-hetero) is 1. The average Bonchev–Trinajstić information content (AvgIpc) is 3.11. The zero-order chi connectivity index (χ0) is 25.8. The summed E-state index contributed by atoms with van der Waals surface area (Å²) in [6, 6.07) is 21.2. The molecule has 1 aliphatic rings. The van der Waals surface area contributed by atoms with Gasteiger partial charge in [-0.05, 0) is 68.5 Å². The van der Waals surface area contributed by atoms with Gasteiger partial charge in [0, 0.05) is 23.7 Å². The highest BCUT2D eigenvalue weighted by molar-refractivity contribution is 6.46. The minimum atomic E-state index is -0.709. The molecule has 3 aromatic rings. The number of ketones is 1. The third-order valence-corrected chi connectivity index (χ3v) is 6.38. The van der Waals surface area contributed by atoms with Gasteiger partial charge in [0.15, 0.2) is 0 Å². The smallest absolute Gasteiger partial charge is 0.295 e. The second-order valence-corrected chi connectivity index (χ2v) is 9.59. The molecule has 6 nitrogen and oxygen atoms in total. The summed E-state index contributed by atoms with van der Waals surface area (Å²) in [6.07, 6.45) is 0. The van der Waals surface area contributed by atoms with E-state index in [4.69, 9.17) is 16.3 Å². The third kappa shape index (κ3) is 5.61. The normalized spacial score (nSPS) is 17.1. The number of likely N-dealkylation sites (N-methyl/N-ethyl adjacent to an activating group) is 1. The van der Waals surface area contributed by atoms with E-state index in [9.17, 15) is 14.7 Å². The first-order chi connectivity index (χ1) is 17.2. The molecule has 1 amide bonds. The number of ether oxygens (including phenoxy) is 1. The quantitative estimate of drug-likeness (QED) is 0.259. The highest BCUT2D eigenvalue weighted by atomic mass is 35.5. The molecule has 1 N–H and O–H groups in total. The molecule has 1 heterocycles. The monoisotopic (exact) mass is 504 g/mol. The SMILES string of the molecule is Cc1cccc(COc2ccc(/C(O)=C3/C(=O)C(=O)N(CCN(C)C)C3c3ccc(Cl)cc3)cc2)c1. The lowest BCUT2D eigenvalue weighted by atomic mass is 9.95. The fraction of sp³-hybridized carbons (Fsp3) is 0.241. The minimum absolute atomic E-state index is 0.0644. The lowest BCUT2D eigenvalue weighted by molar-refractivity contribution is -0.140. The molecule has 1 aliphatic heterocycles. The van der Waals surface area contributed by atoms with Gasteiger partial charge in [0.25, 0.3) is 11.7 Å². The Bertz CT molecular complexity index is 1280. The molecular weight excluding hydrogens is 476 g/mol. The number of hydrogen-bond acceptors (Lipinski definition) is 5. The van der Waals surface area contributed by atoms with Gasteiger partial charge in [-0.3, -0.25) is 9.59 Å². The topological polar surface area (TPSA) is 70.1 Å². The van der Waals surface area contributed by atoms with Crippen LogP contribution < -0.4 is 4.74 Å². The first-order valence-corrected chi connectivity index (χ1v) is 12.1. The largest absolute Gasteiger partial charge is 0.507 e. The van der Waals surface area contributed by atoms with Crippen molar-refractivity contribution in [1.29, 1.82) is 0 Å². The third-order valence-electron chi connectivity index (χ3n) is 6.13. The molecule has 186 valence electrons. The molecule has 0 bridgehead atoms. The predicted molar refractivity (Wildman–Crippen MR) is 141 cm³/mol. The van der Waals surface area contributed by atoms with Crippen molar-refractivity contribution in [2.24, 2.45) is 0 Å². The molecule has 36 heavy (non-hydrogen) atoms. The number of aliphatic hydroxyl groups excluding tert-OH is 1. The number of hydrogen-bond donors (Lipinski definition) is 1. The van der Waals surface area contributed by atoms with Gasteiger partial charge < -0.3 is 19.6 Å². The molecule has 4 rings (SSSR count). The molecular formula is C29H29ClN2O4. The summed E-state index contributed by atoms with van der Waals surface area (Å²) in [6.45, 7) is 3.36. The van der Waals surface area contributed by atoms with Crippen LogP contribution in [0.2, 0.25) is 5.02 Å². The minimum Gasteiger partial charge on any atom is -0.507 e. The summed E-state index contributed by atoms with van der Waals surface area (Å²) < 4.78 is 5.87.